The van der Waals surface area contributed by atoms with Gasteiger partial charge in [0.25, 0.3) is 0 Å². The van der Waals surface area contributed by atoms with E-state index in [2.05, 4.69) is 20.2 Å². The van der Waals surface area contributed by atoms with Gasteiger partial charge in [-0.3, -0.25) is 9.69 Å². The largest absolute Gasteiger partial charge is 0.493 e. The van der Waals surface area contributed by atoms with Gasteiger partial charge in [-0.15, -0.1) is 0 Å². The number of benzene rings is 2. The lowest BCUT2D eigenvalue weighted by atomic mass is 10.1. The molecule has 8 nitrogen and oxygen atoms in total. The number of nitrogens with one attached hydrogen (secondary N) is 1. The van der Waals surface area contributed by atoms with Crippen LogP contribution in [-0.2, 0) is 4.79 Å². The topological polar surface area (TPSA) is 79.8 Å². The van der Waals surface area contributed by atoms with Crippen molar-refractivity contribution >= 4 is 39.9 Å². The minimum absolute atomic E-state index is 0.00596. The number of piperidine rings is 1. The maximum Gasteiger partial charge on any atom is 0.236 e. The van der Waals surface area contributed by atoms with Crippen LogP contribution in [0.1, 0.15) is 25.7 Å². The highest BCUT2D eigenvalue weighted by Gasteiger charge is 2.26. The van der Waals surface area contributed by atoms with Crippen LogP contribution in [0.2, 0.25) is 5.02 Å². The summed E-state index contributed by atoms with van der Waals surface area (Å²) in [6.07, 6.45) is 5.31. The van der Waals surface area contributed by atoms with Crippen molar-refractivity contribution in [3.8, 4) is 11.5 Å². The summed E-state index contributed by atoms with van der Waals surface area (Å²) < 4.78 is 25.5. The van der Waals surface area contributed by atoms with E-state index >= 15 is 0 Å². The SMILES string of the molecule is COc1cc2ncnc(Nc3ccc(F)c(Cl)c3)c2cc1OC1CCN(CC(=O)N2CCCC2)CC1. The maximum atomic E-state index is 13.6. The Kier molecular flexibility index (Phi) is 7.38. The third-order valence-corrected chi connectivity index (χ3v) is 7.04. The Balaban J connectivity index is 1.29. The van der Waals surface area contributed by atoms with E-state index in [4.69, 9.17) is 21.1 Å². The summed E-state index contributed by atoms with van der Waals surface area (Å²) in [5, 5.41) is 3.95. The molecule has 2 fully saturated rings. The molecule has 3 heterocycles. The fourth-order valence-corrected chi connectivity index (χ4v) is 4.93. The highest BCUT2D eigenvalue weighted by atomic mass is 35.5. The summed E-state index contributed by atoms with van der Waals surface area (Å²) in [4.78, 5) is 25.4. The van der Waals surface area contributed by atoms with Crippen LogP contribution in [0.4, 0.5) is 15.9 Å². The van der Waals surface area contributed by atoms with Gasteiger partial charge in [-0.05, 0) is 49.9 Å². The molecule has 10 heteroatoms. The molecule has 0 aliphatic carbocycles. The van der Waals surface area contributed by atoms with Gasteiger partial charge in [-0.1, -0.05) is 11.6 Å². The number of ether oxygens (including phenoxy) is 2. The number of hydrogen-bond donors (Lipinski definition) is 1. The van der Waals surface area contributed by atoms with Crippen LogP contribution in [0.15, 0.2) is 36.7 Å². The summed E-state index contributed by atoms with van der Waals surface area (Å²) in [5.74, 6) is 1.48. The summed E-state index contributed by atoms with van der Waals surface area (Å²) >= 11 is 5.93. The summed E-state index contributed by atoms with van der Waals surface area (Å²) in [7, 11) is 1.60. The lowest BCUT2D eigenvalue weighted by molar-refractivity contribution is -0.131. The van der Waals surface area contributed by atoms with Gasteiger partial charge < -0.3 is 19.7 Å². The Hall–Kier alpha value is -3.17. The first-order valence-electron chi connectivity index (χ1n) is 12.2. The van der Waals surface area contributed by atoms with Crippen LogP contribution >= 0.6 is 11.6 Å². The van der Waals surface area contributed by atoms with Crippen molar-refractivity contribution in [1.82, 2.24) is 19.8 Å². The van der Waals surface area contributed by atoms with Crippen molar-refractivity contribution in [2.24, 2.45) is 0 Å². The average Bonchev–Trinajstić information content (AvgIpc) is 3.43. The number of rotatable bonds is 7. The number of carbonyl (C=O) groups excluding carboxylic acids is 1. The third-order valence-electron chi connectivity index (χ3n) is 6.75. The quantitative estimate of drug-likeness (QED) is 0.493. The van der Waals surface area contributed by atoms with Crippen molar-refractivity contribution in [2.45, 2.75) is 31.8 Å². The summed E-state index contributed by atoms with van der Waals surface area (Å²) in [5.41, 5.74) is 1.29. The maximum absolute atomic E-state index is 13.6. The van der Waals surface area contributed by atoms with E-state index in [0.29, 0.717) is 35.1 Å². The highest BCUT2D eigenvalue weighted by molar-refractivity contribution is 6.31. The number of anilines is 2. The smallest absolute Gasteiger partial charge is 0.236 e. The molecule has 2 aliphatic rings. The zero-order chi connectivity index (χ0) is 25.1. The van der Waals surface area contributed by atoms with E-state index in [1.165, 1.54) is 18.5 Å². The van der Waals surface area contributed by atoms with Crippen LogP contribution in [-0.4, -0.2) is 71.6 Å². The van der Waals surface area contributed by atoms with Crippen LogP contribution < -0.4 is 14.8 Å². The highest BCUT2D eigenvalue weighted by Crippen LogP contribution is 2.36. The molecule has 0 saturated carbocycles. The molecular weight excluding hydrogens is 485 g/mol. The number of methoxy groups -OCH3 is 1. The number of nitrogens with zero attached hydrogens (tertiary/aromatic N) is 4. The first-order chi connectivity index (χ1) is 17.5. The minimum Gasteiger partial charge on any atom is -0.493 e. The lowest BCUT2D eigenvalue weighted by Gasteiger charge is -2.32. The third kappa shape index (κ3) is 5.47. The normalized spacial score (nSPS) is 16.9. The second kappa shape index (κ2) is 10.8. The molecule has 2 saturated heterocycles. The molecular formula is C26H29ClFN5O3. The Morgan fingerprint density at radius 2 is 1.89 bits per heavy atom. The van der Waals surface area contributed by atoms with Crippen molar-refractivity contribution in [1.29, 1.82) is 0 Å². The van der Waals surface area contributed by atoms with Gasteiger partial charge in [0.15, 0.2) is 11.5 Å². The standard InChI is InChI=1S/C26H29ClFN5O3/c1-35-23-14-22-19(26(30-16-29-22)31-17-4-5-21(28)20(27)12-17)13-24(23)36-18-6-10-32(11-7-18)15-25(34)33-8-2-3-9-33/h4-5,12-14,16,18H,2-3,6-11,15H2,1H3,(H,29,30,31). The van der Waals surface area contributed by atoms with E-state index in [1.807, 2.05) is 17.0 Å². The number of halogens is 2. The van der Waals surface area contributed by atoms with Crippen LogP contribution in [0, 0.1) is 5.82 Å². The fraction of sp³-hybridized carbons (Fsp3) is 0.423. The molecule has 36 heavy (non-hydrogen) atoms. The van der Waals surface area contributed by atoms with Gasteiger partial charge in [0.2, 0.25) is 5.91 Å². The van der Waals surface area contributed by atoms with Gasteiger partial charge in [-0.2, -0.15) is 0 Å². The van der Waals surface area contributed by atoms with Gasteiger partial charge in [0, 0.05) is 43.3 Å². The Bertz CT molecular complexity index is 1250. The second-order valence-corrected chi connectivity index (χ2v) is 9.58. The molecule has 190 valence electrons. The molecule has 1 aromatic heterocycles. The van der Waals surface area contributed by atoms with Gasteiger partial charge in [-0.25, -0.2) is 14.4 Å². The summed E-state index contributed by atoms with van der Waals surface area (Å²) in [6, 6.07) is 8.09. The van der Waals surface area contributed by atoms with E-state index < -0.39 is 5.82 Å². The number of fused-ring (bicyclic) bond motifs is 1. The lowest BCUT2D eigenvalue weighted by Crippen LogP contribution is -2.44. The van der Waals surface area contributed by atoms with Crippen LogP contribution in [0.5, 0.6) is 11.5 Å². The number of amides is 1. The fourth-order valence-electron chi connectivity index (χ4n) is 4.75. The number of aromatic nitrogens is 2. The van der Waals surface area contributed by atoms with E-state index in [-0.39, 0.29) is 17.0 Å². The van der Waals surface area contributed by atoms with Gasteiger partial charge >= 0.3 is 0 Å². The zero-order valence-electron chi connectivity index (χ0n) is 20.2. The molecule has 0 unspecified atom stereocenters. The van der Waals surface area contributed by atoms with Gasteiger partial charge in [0.1, 0.15) is 24.1 Å². The minimum atomic E-state index is -0.485. The van der Waals surface area contributed by atoms with Crippen molar-refractivity contribution < 1.29 is 18.7 Å². The van der Waals surface area contributed by atoms with Crippen LogP contribution in [0.25, 0.3) is 10.9 Å². The molecule has 0 bridgehead atoms. The molecule has 2 aliphatic heterocycles. The second-order valence-electron chi connectivity index (χ2n) is 9.18. The van der Waals surface area contributed by atoms with E-state index in [9.17, 15) is 9.18 Å². The van der Waals surface area contributed by atoms with Crippen molar-refractivity contribution in [3.05, 3.63) is 47.5 Å². The Morgan fingerprint density at radius 1 is 1.11 bits per heavy atom. The molecule has 0 atom stereocenters. The summed E-state index contributed by atoms with van der Waals surface area (Å²) in [6.45, 7) is 3.86. The van der Waals surface area contributed by atoms with Crippen LogP contribution in [0.3, 0.4) is 0 Å². The van der Waals surface area contributed by atoms with Crippen molar-refractivity contribution in [3.63, 3.8) is 0 Å². The molecule has 1 N–H and O–H groups in total. The first kappa shape index (κ1) is 24.5. The number of carbonyl (C=O) groups is 1. The molecule has 0 spiro atoms. The molecule has 0 radical (unpaired) electrons. The predicted molar refractivity (Wildman–Crippen MR) is 137 cm³/mol. The first-order valence-corrected chi connectivity index (χ1v) is 12.6. The Morgan fingerprint density at radius 3 is 2.61 bits per heavy atom. The van der Waals surface area contributed by atoms with Gasteiger partial charge in [0.05, 0.1) is 24.2 Å². The van der Waals surface area contributed by atoms with Crippen molar-refractivity contribution in [2.75, 3.05) is 45.2 Å². The monoisotopic (exact) mass is 513 g/mol. The molecule has 5 rings (SSSR count). The molecule has 2 aromatic carbocycles. The van der Waals surface area contributed by atoms with E-state index in [1.54, 1.807) is 13.2 Å². The number of hydrogen-bond acceptors (Lipinski definition) is 7. The van der Waals surface area contributed by atoms with E-state index in [0.717, 1.165) is 57.2 Å². The predicted octanol–water partition coefficient (Wildman–Crippen LogP) is 4.64. The zero-order valence-corrected chi connectivity index (χ0v) is 20.9. The number of likely N-dealkylation sites (tertiary alicyclic amines) is 2. The molecule has 1 amide bonds. The Labute approximate surface area is 214 Å². The average molecular weight is 514 g/mol. The molecule has 3 aromatic rings.